The molecule has 6 heteroatoms. The van der Waals surface area contributed by atoms with Crippen molar-refractivity contribution in [2.45, 2.75) is 0 Å². The molecule has 0 aliphatic carbocycles. The SMILES string of the molecule is C=CCOc1ccc(/C=C2/SC(=Nc3cccc(Br)c3)NC2=O)cc1. The highest BCUT2D eigenvalue weighted by atomic mass is 79.9. The zero-order valence-corrected chi connectivity index (χ0v) is 15.6. The second-order valence-corrected chi connectivity index (χ2v) is 7.08. The van der Waals surface area contributed by atoms with E-state index in [1.54, 1.807) is 6.08 Å². The molecule has 0 atom stereocenters. The molecule has 1 N–H and O–H groups in total. The molecular formula is C19H15BrN2O2S. The van der Waals surface area contributed by atoms with E-state index in [9.17, 15) is 4.79 Å². The van der Waals surface area contributed by atoms with E-state index in [1.165, 1.54) is 11.8 Å². The van der Waals surface area contributed by atoms with Crippen LogP contribution in [0, 0.1) is 0 Å². The molecule has 0 saturated carbocycles. The number of halogens is 1. The third-order valence-corrected chi connectivity index (χ3v) is 4.64. The number of hydrogen-bond donors (Lipinski definition) is 1. The van der Waals surface area contributed by atoms with Gasteiger partial charge in [-0.2, -0.15) is 0 Å². The number of nitrogens with zero attached hydrogens (tertiary/aromatic N) is 1. The first-order valence-electron chi connectivity index (χ1n) is 7.53. The lowest BCUT2D eigenvalue weighted by atomic mass is 10.2. The fourth-order valence-corrected chi connectivity index (χ4v) is 3.34. The van der Waals surface area contributed by atoms with E-state index in [0.29, 0.717) is 16.7 Å². The quantitative estimate of drug-likeness (QED) is 0.558. The number of rotatable bonds is 5. The van der Waals surface area contributed by atoms with E-state index in [4.69, 9.17) is 4.74 Å². The summed E-state index contributed by atoms with van der Waals surface area (Å²) in [7, 11) is 0. The molecule has 3 rings (SSSR count). The van der Waals surface area contributed by atoms with Gasteiger partial charge in [0.25, 0.3) is 5.91 Å². The van der Waals surface area contributed by atoms with E-state index >= 15 is 0 Å². The molecule has 1 aliphatic heterocycles. The number of carbonyl (C=O) groups is 1. The van der Waals surface area contributed by atoms with E-state index in [-0.39, 0.29) is 5.91 Å². The molecule has 0 radical (unpaired) electrons. The molecule has 2 aromatic carbocycles. The molecule has 1 heterocycles. The monoisotopic (exact) mass is 414 g/mol. The van der Waals surface area contributed by atoms with Crippen molar-refractivity contribution >= 4 is 50.5 Å². The molecular weight excluding hydrogens is 400 g/mol. The number of carbonyl (C=O) groups excluding carboxylic acids is 1. The van der Waals surface area contributed by atoms with Gasteiger partial charge >= 0.3 is 0 Å². The Morgan fingerprint density at radius 1 is 1.24 bits per heavy atom. The lowest BCUT2D eigenvalue weighted by Gasteiger charge is -2.03. The molecule has 0 bridgehead atoms. The van der Waals surface area contributed by atoms with Crippen LogP contribution in [0.5, 0.6) is 5.75 Å². The summed E-state index contributed by atoms with van der Waals surface area (Å²) in [5.74, 6) is 0.619. The molecule has 1 aliphatic rings. The number of amides is 1. The highest BCUT2D eigenvalue weighted by molar-refractivity contribution is 9.10. The van der Waals surface area contributed by atoms with Crippen molar-refractivity contribution in [1.82, 2.24) is 5.32 Å². The minimum Gasteiger partial charge on any atom is -0.490 e. The first-order chi connectivity index (χ1) is 12.1. The Balaban J connectivity index is 1.73. The van der Waals surface area contributed by atoms with Gasteiger partial charge in [0.15, 0.2) is 5.17 Å². The van der Waals surface area contributed by atoms with Crippen molar-refractivity contribution in [2.75, 3.05) is 6.61 Å². The minimum atomic E-state index is -0.147. The molecule has 2 aromatic rings. The Morgan fingerprint density at radius 3 is 2.76 bits per heavy atom. The highest BCUT2D eigenvalue weighted by Crippen LogP contribution is 2.29. The Bertz CT molecular complexity index is 860. The van der Waals surface area contributed by atoms with Gasteiger partial charge in [0.2, 0.25) is 0 Å². The van der Waals surface area contributed by atoms with Crippen LogP contribution in [0.2, 0.25) is 0 Å². The number of nitrogens with one attached hydrogen (secondary N) is 1. The van der Waals surface area contributed by atoms with Gasteiger partial charge in [0.1, 0.15) is 12.4 Å². The standard InChI is InChI=1S/C19H15BrN2O2S/c1-2-10-24-16-8-6-13(7-9-16)11-17-18(23)22-19(25-17)21-15-5-3-4-14(20)12-15/h2-9,11-12H,1,10H2,(H,21,22,23)/b17-11+. The number of amidine groups is 1. The third kappa shape index (κ3) is 4.84. The van der Waals surface area contributed by atoms with Gasteiger partial charge in [0, 0.05) is 4.47 Å². The van der Waals surface area contributed by atoms with Crippen LogP contribution in [-0.4, -0.2) is 17.7 Å². The summed E-state index contributed by atoms with van der Waals surface area (Å²) in [5.41, 5.74) is 1.70. The van der Waals surface area contributed by atoms with Gasteiger partial charge in [0.05, 0.1) is 10.6 Å². The van der Waals surface area contributed by atoms with Crippen LogP contribution >= 0.6 is 27.7 Å². The maximum Gasteiger partial charge on any atom is 0.264 e. The Morgan fingerprint density at radius 2 is 2.04 bits per heavy atom. The summed E-state index contributed by atoms with van der Waals surface area (Å²) in [4.78, 5) is 17.2. The van der Waals surface area contributed by atoms with Crippen molar-refractivity contribution < 1.29 is 9.53 Å². The fraction of sp³-hybridized carbons (Fsp3) is 0.0526. The van der Waals surface area contributed by atoms with Gasteiger partial charge < -0.3 is 10.1 Å². The molecule has 0 unspecified atom stereocenters. The van der Waals surface area contributed by atoms with Crippen molar-refractivity contribution in [3.05, 3.63) is 76.1 Å². The molecule has 1 saturated heterocycles. The van der Waals surface area contributed by atoms with Gasteiger partial charge in [-0.15, -0.1) is 0 Å². The number of aliphatic imine (C=N–C) groups is 1. The summed E-state index contributed by atoms with van der Waals surface area (Å²) in [5, 5.41) is 3.36. The van der Waals surface area contributed by atoms with Gasteiger partial charge in [-0.1, -0.05) is 46.8 Å². The summed E-state index contributed by atoms with van der Waals surface area (Å²) in [6.45, 7) is 4.08. The summed E-state index contributed by atoms with van der Waals surface area (Å²) < 4.78 is 6.39. The molecule has 25 heavy (non-hydrogen) atoms. The van der Waals surface area contributed by atoms with Crippen molar-refractivity contribution in [3.8, 4) is 5.75 Å². The van der Waals surface area contributed by atoms with Crippen LogP contribution in [0.15, 0.2) is 75.6 Å². The smallest absolute Gasteiger partial charge is 0.264 e. The first-order valence-corrected chi connectivity index (χ1v) is 9.14. The van der Waals surface area contributed by atoms with Crippen LogP contribution in [-0.2, 0) is 4.79 Å². The van der Waals surface area contributed by atoms with Crippen molar-refractivity contribution in [2.24, 2.45) is 4.99 Å². The van der Waals surface area contributed by atoms with Crippen LogP contribution in [0.1, 0.15) is 5.56 Å². The average molecular weight is 415 g/mol. The van der Waals surface area contributed by atoms with Gasteiger partial charge in [-0.3, -0.25) is 4.79 Å². The number of hydrogen-bond acceptors (Lipinski definition) is 4. The summed E-state index contributed by atoms with van der Waals surface area (Å²) in [6, 6.07) is 15.1. The predicted molar refractivity (Wildman–Crippen MR) is 107 cm³/mol. The predicted octanol–water partition coefficient (Wildman–Crippen LogP) is 4.91. The van der Waals surface area contributed by atoms with Crippen LogP contribution < -0.4 is 10.1 Å². The van der Waals surface area contributed by atoms with Crippen LogP contribution in [0.3, 0.4) is 0 Å². The zero-order valence-electron chi connectivity index (χ0n) is 13.2. The van der Waals surface area contributed by atoms with Crippen LogP contribution in [0.25, 0.3) is 6.08 Å². The molecule has 0 aromatic heterocycles. The Hall–Kier alpha value is -2.31. The maximum atomic E-state index is 12.1. The van der Waals surface area contributed by atoms with E-state index < -0.39 is 0 Å². The number of thioether (sulfide) groups is 1. The zero-order chi connectivity index (χ0) is 17.6. The summed E-state index contributed by atoms with van der Waals surface area (Å²) in [6.07, 6.45) is 3.53. The molecule has 1 amide bonds. The van der Waals surface area contributed by atoms with E-state index in [1.807, 2.05) is 54.6 Å². The fourth-order valence-electron chi connectivity index (χ4n) is 2.11. The lowest BCUT2D eigenvalue weighted by Crippen LogP contribution is -2.19. The van der Waals surface area contributed by atoms with Gasteiger partial charge in [-0.25, -0.2) is 4.99 Å². The average Bonchev–Trinajstić information content (AvgIpc) is 2.93. The highest BCUT2D eigenvalue weighted by Gasteiger charge is 2.23. The largest absolute Gasteiger partial charge is 0.490 e. The second kappa shape index (κ2) is 8.18. The summed E-state index contributed by atoms with van der Waals surface area (Å²) >= 11 is 4.73. The minimum absolute atomic E-state index is 0.147. The van der Waals surface area contributed by atoms with Crippen LogP contribution in [0.4, 0.5) is 5.69 Å². The molecule has 1 fully saturated rings. The molecule has 4 nitrogen and oxygen atoms in total. The molecule has 0 spiro atoms. The topological polar surface area (TPSA) is 50.7 Å². The Labute approximate surface area is 158 Å². The third-order valence-electron chi connectivity index (χ3n) is 3.24. The van der Waals surface area contributed by atoms with E-state index in [2.05, 4.69) is 32.8 Å². The second-order valence-electron chi connectivity index (χ2n) is 5.13. The Kier molecular flexibility index (Phi) is 5.73. The molecule has 126 valence electrons. The van der Waals surface area contributed by atoms with Crippen molar-refractivity contribution in [3.63, 3.8) is 0 Å². The normalized spacial score (nSPS) is 16.9. The number of benzene rings is 2. The van der Waals surface area contributed by atoms with E-state index in [0.717, 1.165) is 21.5 Å². The maximum absolute atomic E-state index is 12.1. The first kappa shape index (κ1) is 17.5. The van der Waals surface area contributed by atoms with Crippen molar-refractivity contribution in [1.29, 1.82) is 0 Å². The lowest BCUT2D eigenvalue weighted by molar-refractivity contribution is -0.115. The number of ether oxygens (including phenoxy) is 1. The van der Waals surface area contributed by atoms with Gasteiger partial charge in [-0.05, 0) is 53.7 Å².